The van der Waals surface area contributed by atoms with Crippen LogP contribution in [0.15, 0.2) is 24.3 Å². The Kier molecular flexibility index (Phi) is 5.93. The first-order chi connectivity index (χ1) is 7.63. The maximum Gasteiger partial charge on any atom is 0.0294 e. The molecule has 0 saturated carbocycles. The van der Waals surface area contributed by atoms with E-state index < -0.39 is 0 Å². The average Bonchev–Trinajstić information content (AvgIpc) is 2.27. The number of aryl methyl sites for hydroxylation is 1. The van der Waals surface area contributed by atoms with Crippen molar-refractivity contribution in [2.45, 2.75) is 39.8 Å². The number of hydrogen-bond acceptors (Lipinski definition) is 2. The lowest BCUT2D eigenvalue weighted by Crippen LogP contribution is -2.30. The molecular weight excluding hydrogens is 214 g/mol. The Morgan fingerprint density at radius 3 is 2.38 bits per heavy atom. The molecule has 0 spiro atoms. The van der Waals surface area contributed by atoms with Crippen LogP contribution in [0.25, 0.3) is 0 Å². The molecule has 2 atom stereocenters. The fourth-order valence-corrected chi connectivity index (χ4v) is 2.41. The van der Waals surface area contributed by atoms with Crippen LogP contribution >= 0.6 is 11.8 Å². The molecule has 1 rings (SSSR count). The molecule has 1 N–H and O–H groups in total. The Bertz CT molecular complexity index is 294. The second-order valence-electron chi connectivity index (χ2n) is 4.36. The van der Waals surface area contributed by atoms with Gasteiger partial charge in [0.2, 0.25) is 0 Å². The second kappa shape index (κ2) is 6.97. The van der Waals surface area contributed by atoms with Gasteiger partial charge < -0.3 is 5.32 Å². The number of thioether (sulfide) groups is 1. The van der Waals surface area contributed by atoms with Crippen molar-refractivity contribution in [3.63, 3.8) is 0 Å². The molecule has 0 bridgehead atoms. The predicted molar refractivity (Wildman–Crippen MR) is 75.2 cm³/mol. The Hall–Kier alpha value is -0.470. The van der Waals surface area contributed by atoms with Gasteiger partial charge in [-0.3, -0.25) is 0 Å². The minimum atomic E-state index is 0.438. The highest BCUT2D eigenvalue weighted by Gasteiger charge is 2.08. The molecular formula is C14H23NS. The van der Waals surface area contributed by atoms with Crippen molar-refractivity contribution < 1.29 is 0 Å². The van der Waals surface area contributed by atoms with Crippen LogP contribution in [0.5, 0.6) is 0 Å². The summed E-state index contributed by atoms with van der Waals surface area (Å²) in [7, 11) is 0. The van der Waals surface area contributed by atoms with Crippen molar-refractivity contribution in [3.05, 3.63) is 35.4 Å². The van der Waals surface area contributed by atoms with Crippen LogP contribution in [0, 0.1) is 6.92 Å². The molecule has 1 aromatic carbocycles. The number of nitrogens with one attached hydrogen (secondary N) is 1. The van der Waals surface area contributed by atoms with Crippen LogP contribution < -0.4 is 5.32 Å². The molecule has 0 aliphatic carbocycles. The molecule has 0 radical (unpaired) electrons. The zero-order chi connectivity index (χ0) is 12.0. The molecule has 0 aliphatic rings. The zero-order valence-corrected chi connectivity index (χ0v) is 11.6. The summed E-state index contributed by atoms with van der Waals surface area (Å²) >= 11 is 1.99. The molecule has 0 saturated heterocycles. The van der Waals surface area contributed by atoms with Crippen LogP contribution in [0.3, 0.4) is 0 Å². The molecule has 16 heavy (non-hydrogen) atoms. The lowest BCUT2D eigenvalue weighted by atomic mass is 10.1. The topological polar surface area (TPSA) is 12.0 Å². The van der Waals surface area contributed by atoms with Gasteiger partial charge >= 0.3 is 0 Å². The number of benzene rings is 1. The van der Waals surface area contributed by atoms with E-state index in [-0.39, 0.29) is 0 Å². The van der Waals surface area contributed by atoms with Crippen LogP contribution in [-0.2, 0) is 0 Å². The monoisotopic (exact) mass is 237 g/mol. The number of hydrogen-bond donors (Lipinski definition) is 1. The minimum Gasteiger partial charge on any atom is -0.307 e. The fraction of sp³-hybridized carbons (Fsp3) is 0.571. The highest BCUT2D eigenvalue weighted by molar-refractivity contribution is 7.99. The van der Waals surface area contributed by atoms with E-state index in [0.717, 1.165) is 0 Å². The van der Waals surface area contributed by atoms with Gasteiger partial charge in [0, 0.05) is 17.8 Å². The van der Waals surface area contributed by atoms with Gasteiger partial charge in [0.25, 0.3) is 0 Å². The molecule has 1 nitrogen and oxygen atoms in total. The van der Waals surface area contributed by atoms with Crippen LogP contribution in [0.1, 0.15) is 37.9 Å². The first-order valence-corrected chi connectivity index (χ1v) is 7.19. The summed E-state index contributed by atoms with van der Waals surface area (Å²) in [5.74, 6) is 2.39. The maximum absolute atomic E-state index is 3.63. The van der Waals surface area contributed by atoms with Crippen molar-refractivity contribution in [1.82, 2.24) is 5.32 Å². The third-order valence-electron chi connectivity index (χ3n) is 2.68. The second-order valence-corrected chi connectivity index (χ2v) is 5.68. The van der Waals surface area contributed by atoms with Crippen LogP contribution in [-0.4, -0.2) is 17.5 Å². The highest BCUT2D eigenvalue weighted by Crippen LogP contribution is 2.14. The Morgan fingerprint density at radius 1 is 1.19 bits per heavy atom. The van der Waals surface area contributed by atoms with E-state index in [1.165, 1.54) is 22.6 Å². The van der Waals surface area contributed by atoms with Gasteiger partial charge in [0.15, 0.2) is 0 Å². The average molecular weight is 237 g/mol. The van der Waals surface area contributed by atoms with E-state index in [1.54, 1.807) is 0 Å². The first-order valence-electron chi connectivity index (χ1n) is 6.03. The van der Waals surface area contributed by atoms with Gasteiger partial charge in [-0.2, -0.15) is 11.8 Å². The van der Waals surface area contributed by atoms with Gasteiger partial charge in [-0.1, -0.05) is 36.8 Å². The fourth-order valence-electron chi connectivity index (χ4n) is 1.72. The van der Waals surface area contributed by atoms with Gasteiger partial charge in [0.05, 0.1) is 0 Å². The summed E-state index contributed by atoms with van der Waals surface area (Å²) in [5.41, 5.74) is 2.70. The van der Waals surface area contributed by atoms with Crippen molar-refractivity contribution in [3.8, 4) is 0 Å². The van der Waals surface area contributed by atoms with Gasteiger partial charge in [-0.15, -0.1) is 0 Å². The van der Waals surface area contributed by atoms with Gasteiger partial charge in [0.1, 0.15) is 0 Å². The summed E-state index contributed by atoms with van der Waals surface area (Å²) in [6, 6.07) is 9.80. The molecule has 90 valence electrons. The van der Waals surface area contributed by atoms with E-state index in [9.17, 15) is 0 Å². The SMILES string of the molecule is CCSCC(C)NC(C)c1ccc(C)cc1. The minimum absolute atomic E-state index is 0.438. The summed E-state index contributed by atoms with van der Waals surface area (Å²) in [4.78, 5) is 0. The van der Waals surface area contributed by atoms with E-state index in [2.05, 4.69) is 57.3 Å². The molecule has 1 aromatic rings. The highest BCUT2D eigenvalue weighted by atomic mass is 32.2. The van der Waals surface area contributed by atoms with Crippen molar-refractivity contribution in [2.24, 2.45) is 0 Å². The summed E-state index contributed by atoms with van der Waals surface area (Å²) < 4.78 is 0. The lowest BCUT2D eigenvalue weighted by molar-refractivity contribution is 0.511. The van der Waals surface area contributed by atoms with E-state index in [0.29, 0.717) is 12.1 Å². The zero-order valence-electron chi connectivity index (χ0n) is 10.8. The summed E-state index contributed by atoms with van der Waals surface area (Å²) in [6.45, 7) is 8.83. The molecule has 0 aliphatic heterocycles. The third kappa shape index (κ3) is 4.58. The maximum atomic E-state index is 3.63. The van der Waals surface area contributed by atoms with E-state index in [1.807, 2.05) is 11.8 Å². The van der Waals surface area contributed by atoms with Crippen molar-refractivity contribution >= 4 is 11.8 Å². The largest absolute Gasteiger partial charge is 0.307 e. The van der Waals surface area contributed by atoms with E-state index >= 15 is 0 Å². The number of rotatable bonds is 6. The third-order valence-corrected chi connectivity index (χ3v) is 3.83. The smallest absolute Gasteiger partial charge is 0.0294 e. The van der Waals surface area contributed by atoms with Crippen LogP contribution in [0.2, 0.25) is 0 Å². The summed E-state index contributed by atoms with van der Waals surface area (Å²) in [6.07, 6.45) is 0. The van der Waals surface area contributed by atoms with Crippen molar-refractivity contribution in [1.29, 1.82) is 0 Å². The predicted octanol–water partition coefficient (Wildman–Crippen LogP) is 3.79. The molecule has 0 fully saturated rings. The Labute approximate surface area is 104 Å². The summed E-state index contributed by atoms with van der Waals surface area (Å²) in [5, 5.41) is 3.63. The Morgan fingerprint density at radius 2 is 1.81 bits per heavy atom. The van der Waals surface area contributed by atoms with Crippen LogP contribution in [0.4, 0.5) is 0 Å². The van der Waals surface area contributed by atoms with E-state index in [4.69, 9.17) is 0 Å². The quantitative estimate of drug-likeness (QED) is 0.808. The van der Waals surface area contributed by atoms with Gasteiger partial charge in [-0.05, 0) is 32.1 Å². The Balaban J connectivity index is 2.45. The van der Waals surface area contributed by atoms with Crippen molar-refractivity contribution in [2.75, 3.05) is 11.5 Å². The molecule has 0 aromatic heterocycles. The molecule has 2 heteroatoms. The molecule has 2 unspecified atom stereocenters. The van der Waals surface area contributed by atoms with Gasteiger partial charge in [-0.25, -0.2) is 0 Å². The lowest BCUT2D eigenvalue weighted by Gasteiger charge is -2.20. The first kappa shape index (κ1) is 13.6. The molecule has 0 heterocycles. The normalized spacial score (nSPS) is 14.8. The standard InChI is InChI=1S/C14H23NS/c1-5-16-10-12(3)15-13(4)14-8-6-11(2)7-9-14/h6-9,12-13,15H,5,10H2,1-4H3. The molecule has 0 amide bonds.